The summed E-state index contributed by atoms with van der Waals surface area (Å²) in [6.07, 6.45) is 0. The summed E-state index contributed by atoms with van der Waals surface area (Å²) in [6.45, 7) is 9.48. The molecule has 1 fully saturated rings. The van der Waals surface area contributed by atoms with Crippen molar-refractivity contribution < 1.29 is 4.79 Å². The van der Waals surface area contributed by atoms with Gasteiger partial charge in [-0.25, -0.2) is 0 Å². The molecule has 1 atom stereocenters. The van der Waals surface area contributed by atoms with E-state index in [1.54, 1.807) is 11.3 Å². The van der Waals surface area contributed by atoms with Crippen molar-refractivity contribution in [1.82, 2.24) is 15.1 Å². The van der Waals surface area contributed by atoms with Crippen LogP contribution in [-0.4, -0.2) is 54.5 Å². The maximum absolute atomic E-state index is 12.6. The highest BCUT2D eigenvalue weighted by atomic mass is 32.1. The number of rotatable bonds is 5. The van der Waals surface area contributed by atoms with E-state index in [9.17, 15) is 4.79 Å². The van der Waals surface area contributed by atoms with Crippen molar-refractivity contribution in [2.45, 2.75) is 26.4 Å². The molecule has 106 valence electrons. The van der Waals surface area contributed by atoms with Crippen LogP contribution in [0.15, 0.2) is 17.5 Å². The van der Waals surface area contributed by atoms with Gasteiger partial charge in [-0.05, 0) is 25.3 Å². The van der Waals surface area contributed by atoms with Crippen LogP contribution in [0.3, 0.4) is 0 Å². The van der Waals surface area contributed by atoms with Crippen LogP contribution in [0, 0.1) is 0 Å². The smallest absolute Gasteiger partial charge is 0.239 e. The molecule has 1 aromatic heterocycles. The first kappa shape index (κ1) is 14.5. The van der Waals surface area contributed by atoms with Crippen molar-refractivity contribution in [2.75, 3.05) is 32.7 Å². The van der Waals surface area contributed by atoms with Crippen LogP contribution in [0.25, 0.3) is 0 Å². The molecule has 0 radical (unpaired) electrons. The van der Waals surface area contributed by atoms with Crippen LogP contribution < -0.4 is 5.32 Å². The molecule has 1 N–H and O–H groups in total. The molecule has 0 aromatic carbocycles. The van der Waals surface area contributed by atoms with E-state index in [4.69, 9.17) is 0 Å². The minimum Gasteiger partial charge on any atom is -0.336 e. The number of carbonyl (C=O) groups excluding carboxylic acids is 1. The number of carbonyl (C=O) groups is 1. The van der Waals surface area contributed by atoms with E-state index in [0.29, 0.717) is 0 Å². The van der Waals surface area contributed by atoms with E-state index in [1.165, 1.54) is 4.88 Å². The molecule has 4 nitrogen and oxygen atoms in total. The van der Waals surface area contributed by atoms with Gasteiger partial charge in [-0.2, -0.15) is 0 Å². The zero-order chi connectivity index (χ0) is 13.7. The standard InChI is InChI=1S/C14H23N3OS/c1-3-16(11-13-5-4-10-19-13)14(18)12(2)17-8-6-15-7-9-17/h4-5,10,12,15H,3,6-9,11H2,1-2H3. The molecule has 0 spiro atoms. The fourth-order valence-electron chi connectivity index (χ4n) is 2.43. The lowest BCUT2D eigenvalue weighted by Gasteiger charge is -2.34. The van der Waals surface area contributed by atoms with Gasteiger partial charge in [0.15, 0.2) is 0 Å². The molecule has 0 bridgehead atoms. The Labute approximate surface area is 119 Å². The topological polar surface area (TPSA) is 35.6 Å². The Hall–Kier alpha value is -0.910. The minimum absolute atomic E-state index is 0.0120. The largest absolute Gasteiger partial charge is 0.336 e. The summed E-state index contributed by atoms with van der Waals surface area (Å²) in [5, 5.41) is 5.39. The molecule has 1 saturated heterocycles. The summed E-state index contributed by atoms with van der Waals surface area (Å²) in [5.74, 6) is 0.248. The second-order valence-corrected chi connectivity index (χ2v) is 5.93. The number of hydrogen-bond donors (Lipinski definition) is 1. The molecule has 1 aromatic rings. The van der Waals surface area contributed by atoms with E-state index in [1.807, 2.05) is 17.9 Å². The number of thiophene rings is 1. The second kappa shape index (κ2) is 7.03. The van der Waals surface area contributed by atoms with Crippen LogP contribution in [0.2, 0.25) is 0 Å². The summed E-state index contributed by atoms with van der Waals surface area (Å²) < 4.78 is 0. The van der Waals surface area contributed by atoms with Crippen LogP contribution >= 0.6 is 11.3 Å². The molecular weight excluding hydrogens is 258 g/mol. The first-order chi connectivity index (χ1) is 9.22. The van der Waals surface area contributed by atoms with Gasteiger partial charge in [0.1, 0.15) is 0 Å². The van der Waals surface area contributed by atoms with Crippen molar-refractivity contribution in [3.05, 3.63) is 22.4 Å². The molecule has 1 aliphatic heterocycles. The van der Waals surface area contributed by atoms with Gasteiger partial charge in [-0.15, -0.1) is 11.3 Å². The Kier molecular flexibility index (Phi) is 5.36. The highest BCUT2D eigenvalue weighted by molar-refractivity contribution is 7.09. The summed E-state index contributed by atoms with van der Waals surface area (Å²) in [5.41, 5.74) is 0. The molecule has 5 heteroatoms. The molecular formula is C14H23N3OS. The summed E-state index contributed by atoms with van der Waals surface area (Å²) in [6, 6.07) is 4.12. The molecule has 2 rings (SSSR count). The van der Waals surface area contributed by atoms with Crippen molar-refractivity contribution in [2.24, 2.45) is 0 Å². The first-order valence-corrected chi connectivity index (χ1v) is 7.86. The number of likely N-dealkylation sites (N-methyl/N-ethyl adjacent to an activating group) is 1. The molecule has 1 aliphatic rings. The van der Waals surface area contributed by atoms with Crippen LogP contribution in [0.4, 0.5) is 0 Å². The summed E-state index contributed by atoms with van der Waals surface area (Å²) >= 11 is 1.71. The van der Waals surface area contributed by atoms with Gasteiger partial charge in [0.25, 0.3) is 0 Å². The van der Waals surface area contributed by atoms with Crippen LogP contribution in [0.5, 0.6) is 0 Å². The number of hydrogen-bond acceptors (Lipinski definition) is 4. The highest BCUT2D eigenvalue weighted by Crippen LogP contribution is 2.14. The Balaban J connectivity index is 1.95. The fourth-order valence-corrected chi connectivity index (χ4v) is 3.15. The van der Waals surface area contributed by atoms with Gasteiger partial charge in [-0.1, -0.05) is 6.07 Å². The lowest BCUT2D eigenvalue weighted by molar-refractivity contribution is -0.137. The third kappa shape index (κ3) is 3.78. The monoisotopic (exact) mass is 281 g/mol. The SMILES string of the molecule is CCN(Cc1cccs1)C(=O)C(C)N1CCNCC1. The molecule has 1 unspecified atom stereocenters. The Morgan fingerprint density at radius 2 is 2.26 bits per heavy atom. The number of nitrogens with zero attached hydrogens (tertiary/aromatic N) is 2. The first-order valence-electron chi connectivity index (χ1n) is 6.98. The van der Waals surface area contributed by atoms with E-state index < -0.39 is 0 Å². The Bertz CT molecular complexity index is 387. The van der Waals surface area contributed by atoms with E-state index in [0.717, 1.165) is 39.3 Å². The zero-order valence-corrected chi connectivity index (χ0v) is 12.6. The van der Waals surface area contributed by atoms with Gasteiger partial charge >= 0.3 is 0 Å². The lowest BCUT2D eigenvalue weighted by atomic mass is 10.2. The zero-order valence-electron chi connectivity index (χ0n) is 11.8. The van der Waals surface area contributed by atoms with Crippen LogP contribution in [-0.2, 0) is 11.3 Å². The Morgan fingerprint density at radius 3 is 2.84 bits per heavy atom. The van der Waals surface area contributed by atoms with Crippen molar-refractivity contribution >= 4 is 17.2 Å². The molecule has 0 saturated carbocycles. The second-order valence-electron chi connectivity index (χ2n) is 4.89. The van der Waals surface area contributed by atoms with Crippen molar-refractivity contribution in [3.8, 4) is 0 Å². The Morgan fingerprint density at radius 1 is 1.53 bits per heavy atom. The average molecular weight is 281 g/mol. The molecule has 2 heterocycles. The summed E-state index contributed by atoms with van der Waals surface area (Å²) in [7, 11) is 0. The van der Waals surface area contributed by atoms with Crippen molar-refractivity contribution in [3.63, 3.8) is 0 Å². The molecule has 19 heavy (non-hydrogen) atoms. The third-order valence-corrected chi connectivity index (χ3v) is 4.54. The van der Waals surface area contributed by atoms with Gasteiger partial charge in [0.2, 0.25) is 5.91 Å². The lowest BCUT2D eigenvalue weighted by Crippen LogP contribution is -2.53. The van der Waals surface area contributed by atoms with E-state index >= 15 is 0 Å². The number of piperazine rings is 1. The predicted octanol–water partition coefficient (Wildman–Crippen LogP) is 1.39. The van der Waals surface area contributed by atoms with Gasteiger partial charge < -0.3 is 10.2 Å². The summed E-state index contributed by atoms with van der Waals surface area (Å²) in [4.78, 5) is 18.1. The predicted molar refractivity (Wildman–Crippen MR) is 79.3 cm³/mol. The van der Waals surface area contributed by atoms with E-state index in [2.05, 4.69) is 28.6 Å². The fraction of sp³-hybridized carbons (Fsp3) is 0.643. The maximum atomic E-state index is 12.6. The number of nitrogens with one attached hydrogen (secondary N) is 1. The van der Waals surface area contributed by atoms with Crippen molar-refractivity contribution in [1.29, 1.82) is 0 Å². The van der Waals surface area contributed by atoms with Gasteiger partial charge in [0.05, 0.1) is 12.6 Å². The maximum Gasteiger partial charge on any atom is 0.239 e. The normalized spacial score (nSPS) is 18.2. The van der Waals surface area contributed by atoms with Gasteiger partial charge in [0, 0.05) is 37.6 Å². The minimum atomic E-state index is -0.0120. The molecule has 0 aliphatic carbocycles. The molecule has 1 amide bonds. The van der Waals surface area contributed by atoms with Crippen LogP contribution in [0.1, 0.15) is 18.7 Å². The number of amides is 1. The highest BCUT2D eigenvalue weighted by Gasteiger charge is 2.26. The van der Waals surface area contributed by atoms with Gasteiger partial charge in [-0.3, -0.25) is 9.69 Å². The average Bonchev–Trinajstić information content (AvgIpc) is 2.97. The third-order valence-electron chi connectivity index (χ3n) is 3.68. The quantitative estimate of drug-likeness (QED) is 0.886. The van der Waals surface area contributed by atoms with E-state index in [-0.39, 0.29) is 11.9 Å².